The molecule has 2 aliphatic carbocycles. The quantitative estimate of drug-likeness (QED) is 0.174. The first-order valence-electron chi connectivity index (χ1n) is 20.5. The van der Waals surface area contributed by atoms with Gasteiger partial charge in [-0.1, -0.05) is 164 Å². The fourth-order valence-corrected chi connectivity index (χ4v) is 10.8. The maximum Gasteiger partial charge on any atom is 0.0726 e. The Morgan fingerprint density at radius 2 is 0.881 bits per heavy atom. The van der Waals surface area contributed by atoms with E-state index in [1.165, 1.54) is 87.9 Å². The highest BCUT2D eigenvalue weighted by Gasteiger charge is 2.50. The molecule has 0 bridgehead atoms. The number of hydrogen-bond acceptors (Lipinski definition) is 1. The number of anilines is 3. The van der Waals surface area contributed by atoms with Gasteiger partial charge in [-0.25, -0.2) is 0 Å². The van der Waals surface area contributed by atoms with Gasteiger partial charge in [0.05, 0.1) is 16.4 Å². The first-order chi connectivity index (χ1) is 29.3. The van der Waals surface area contributed by atoms with E-state index in [4.69, 9.17) is 0 Å². The SMILES string of the molecule is c1ccc(-n2c3ccccc3c3ccc(N(c4ccc5c(c4)C4(c6ccccc6-c6ccccc64)c4cccc6cccc-5c46)c4ccc5ccccc5c4)cc32)cc1. The molecule has 2 heteroatoms. The molecule has 0 saturated heterocycles. The molecule has 2 aliphatic rings. The summed E-state index contributed by atoms with van der Waals surface area (Å²) in [5.74, 6) is 0. The minimum atomic E-state index is -0.509. The van der Waals surface area contributed by atoms with E-state index >= 15 is 0 Å². The summed E-state index contributed by atoms with van der Waals surface area (Å²) in [6.45, 7) is 0. The van der Waals surface area contributed by atoms with E-state index in [1.54, 1.807) is 0 Å². The standard InChI is InChI=1S/C57H36N2/c1-2-18-40(19-3-1)59-54-27-11-8-22-47(54)48-33-31-43(36-55(48)59)58(41-29-28-37-14-4-5-15-39(37)34-41)42-30-32-46-49-23-12-16-38-17-13-26-52(56(38)49)57(53(46)35-42)50-24-9-6-20-44(50)45-21-7-10-25-51(45)57/h1-36H. The minimum Gasteiger partial charge on any atom is -0.310 e. The molecule has 0 atom stereocenters. The molecule has 0 amide bonds. The lowest BCUT2D eigenvalue weighted by Crippen LogP contribution is -2.32. The second-order valence-electron chi connectivity index (χ2n) is 16.0. The van der Waals surface area contributed by atoms with Gasteiger partial charge < -0.3 is 9.47 Å². The van der Waals surface area contributed by atoms with E-state index in [-0.39, 0.29) is 0 Å². The Morgan fingerprint density at radius 1 is 0.322 bits per heavy atom. The molecule has 10 aromatic carbocycles. The third kappa shape index (κ3) is 4.40. The highest BCUT2D eigenvalue weighted by atomic mass is 15.1. The molecule has 0 radical (unpaired) electrons. The molecule has 0 saturated carbocycles. The Morgan fingerprint density at radius 3 is 1.71 bits per heavy atom. The molecular formula is C57H36N2. The van der Waals surface area contributed by atoms with Crippen LogP contribution >= 0.6 is 0 Å². The monoisotopic (exact) mass is 748 g/mol. The van der Waals surface area contributed by atoms with Crippen molar-refractivity contribution in [3.63, 3.8) is 0 Å². The van der Waals surface area contributed by atoms with Crippen molar-refractivity contribution in [1.29, 1.82) is 0 Å². The average Bonchev–Trinajstić information content (AvgIpc) is 3.79. The van der Waals surface area contributed by atoms with E-state index in [9.17, 15) is 0 Å². The Balaban J connectivity index is 1.13. The van der Waals surface area contributed by atoms with Gasteiger partial charge in [0, 0.05) is 33.5 Å². The summed E-state index contributed by atoms with van der Waals surface area (Å²) in [7, 11) is 0. The maximum atomic E-state index is 2.51. The summed E-state index contributed by atoms with van der Waals surface area (Å²) in [5.41, 5.74) is 16.9. The summed E-state index contributed by atoms with van der Waals surface area (Å²) in [4.78, 5) is 2.47. The normalized spacial score (nSPS) is 13.2. The molecule has 1 heterocycles. The number of nitrogens with zero attached hydrogens (tertiary/aromatic N) is 2. The van der Waals surface area contributed by atoms with Gasteiger partial charge in [0.15, 0.2) is 0 Å². The van der Waals surface area contributed by atoms with E-state index in [0.717, 1.165) is 22.7 Å². The van der Waals surface area contributed by atoms with Crippen LogP contribution in [0.25, 0.3) is 71.3 Å². The second-order valence-corrected chi connectivity index (χ2v) is 16.0. The second kappa shape index (κ2) is 12.2. The third-order valence-electron chi connectivity index (χ3n) is 13.1. The number of fused-ring (bicyclic) bond motifs is 13. The van der Waals surface area contributed by atoms with Crippen LogP contribution in [0.5, 0.6) is 0 Å². The summed E-state index contributed by atoms with van der Waals surface area (Å²) < 4.78 is 2.42. The van der Waals surface area contributed by atoms with Gasteiger partial charge in [0.1, 0.15) is 0 Å². The van der Waals surface area contributed by atoms with Crippen molar-refractivity contribution >= 4 is 60.4 Å². The minimum absolute atomic E-state index is 0.509. The first kappa shape index (κ1) is 32.4. The molecule has 0 aliphatic heterocycles. The van der Waals surface area contributed by atoms with Gasteiger partial charge in [-0.15, -0.1) is 0 Å². The predicted molar refractivity (Wildman–Crippen MR) is 247 cm³/mol. The average molecular weight is 749 g/mol. The van der Waals surface area contributed by atoms with Gasteiger partial charge in [0.2, 0.25) is 0 Å². The van der Waals surface area contributed by atoms with Crippen LogP contribution in [0.3, 0.4) is 0 Å². The molecule has 1 spiro atoms. The molecule has 0 fully saturated rings. The van der Waals surface area contributed by atoms with Crippen LogP contribution in [0.1, 0.15) is 22.3 Å². The smallest absolute Gasteiger partial charge is 0.0726 e. The third-order valence-corrected chi connectivity index (χ3v) is 13.1. The topological polar surface area (TPSA) is 8.17 Å². The van der Waals surface area contributed by atoms with Crippen molar-refractivity contribution in [2.24, 2.45) is 0 Å². The maximum absolute atomic E-state index is 2.51. The summed E-state index contributed by atoms with van der Waals surface area (Å²) >= 11 is 0. The molecule has 0 N–H and O–H groups in total. The Bertz CT molecular complexity index is 3470. The molecule has 11 aromatic rings. The van der Waals surface area contributed by atoms with Crippen molar-refractivity contribution in [3.05, 3.63) is 241 Å². The van der Waals surface area contributed by atoms with Crippen LogP contribution in [0.2, 0.25) is 0 Å². The Labute approximate surface area is 342 Å². The van der Waals surface area contributed by atoms with Crippen molar-refractivity contribution < 1.29 is 0 Å². The van der Waals surface area contributed by atoms with Crippen LogP contribution in [-0.2, 0) is 5.41 Å². The zero-order valence-corrected chi connectivity index (χ0v) is 32.2. The van der Waals surface area contributed by atoms with Gasteiger partial charge >= 0.3 is 0 Å². The van der Waals surface area contributed by atoms with Crippen molar-refractivity contribution in [3.8, 4) is 27.9 Å². The molecule has 2 nitrogen and oxygen atoms in total. The molecular weight excluding hydrogens is 713 g/mol. The Hall–Kier alpha value is -7.68. The van der Waals surface area contributed by atoms with Crippen LogP contribution in [0.15, 0.2) is 218 Å². The van der Waals surface area contributed by atoms with E-state index in [1.807, 2.05) is 0 Å². The largest absolute Gasteiger partial charge is 0.310 e. The highest BCUT2D eigenvalue weighted by Crippen LogP contribution is 2.62. The van der Waals surface area contributed by atoms with Gasteiger partial charge in [-0.3, -0.25) is 0 Å². The molecule has 274 valence electrons. The Kier molecular flexibility index (Phi) is 6.68. The van der Waals surface area contributed by atoms with Crippen molar-refractivity contribution in [2.45, 2.75) is 5.41 Å². The van der Waals surface area contributed by atoms with E-state index in [0.29, 0.717) is 0 Å². The number of benzene rings is 10. The summed E-state index contributed by atoms with van der Waals surface area (Å²) in [6.07, 6.45) is 0. The molecule has 13 rings (SSSR count). The van der Waals surface area contributed by atoms with Gasteiger partial charge in [0.25, 0.3) is 0 Å². The van der Waals surface area contributed by atoms with E-state index in [2.05, 4.69) is 228 Å². The van der Waals surface area contributed by atoms with Crippen LogP contribution in [0.4, 0.5) is 17.1 Å². The van der Waals surface area contributed by atoms with E-state index < -0.39 is 5.41 Å². The van der Waals surface area contributed by atoms with Crippen molar-refractivity contribution in [1.82, 2.24) is 4.57 Å². The number of aromatic nitrogens is 1. The van der Waals surface area contributed by atoms with Crippen molar-refractivity contribution in [2.75, 3.05) is 4.90 Å². The summed E-state index contributed by atoms with van der Waals surface area (Å²) in [6, 6.07) is 81.3. The number of rotatable bonds is 4. The fraction of sp³-hybridized carbons (Fsp3) is 0.0175. The first-order valence-corrected chi connectivity index (χ1v) is 20.5. The van der Waals surface area contributed by atoms with Crippen LogP contribution in [0, 0.1) is 0 Å². The highest BCUT2D eigenvalue weighted by molar-refractivity contribution is 6.11. The summed E-state index contributed by atoms with van der Waals surface area (Å²) in [5, 5.41) is 7.53. The fourth-order valence-electron chi connectivity index (χ4n) is 10.8. The number of para-hydroxylation sites is 2. The lowest BCUT2D eigenvalue weighted by atomic mass is 9.61. The lowest BCUT2D eigenvalue weighted by molar-refractivity contribution is 0.773. The van der Waals surface area contributed by atoms with Gasteiger partial charge in [-0.05, 0) is 121 Å². The molecule has 0 unspecified atom stereocenters. The molecule has 1 aromatic heterocycles. The number of hydrogen-bond donors (Lipinski definition) is 0. The zero-order valence-electron chi connectivity index (χ0n) is 32.2. The predicted octanol–water partition coefficient (Wildman–Crippen LogP) is 14.9. The van der Waals surface area contributed by atoms with Gasteiger partial charge in [-0.2, -0.15) is 0 Å². The molecule has 59 heavy (non-hydrogen) atoms. The van der Waals surface area contributed by atoms with Crippen LogP contribution in [-0.4, -0.2) is 4.57 Å². The lowest BCUT2D eigenvalue weighted by Gasteiger charge is -2.41. The zero-order chi connectivity index (χ0) is 38.7. The van der Waals surface area contributed by atoms with Crippen LogP contribution < -0.4 is 4.90 Å².